The molecule has 1 unspecified atom stereocenters. The monoisotopic (exact) mass is 461 g/mol. The molecule has 0 fully saturated rings. The van der Waals surface area contributed by atoms with E-state index in [1.807, 2.05) is 6.92 Å². The summed E-state index contributed by atoms with van der Waals surface area (Å²) in [5.41, 5.74) is 0.462. The molecule has 1 aromatic carbocycles. The third-order valence-corrected chi connectivity index (χ3v) is 6.25. The lowest BCUT2D eigenvalue weighted by Crippen LogP contribution is -2.30. The van der Waals surface area contributed by atoms with Crippen molar-refractivity contribution < 1.29 is 21.6 Å². The number of aliphatic imine (C=N–C) groups is 1. The summed E-state index contributed by atoms with van der Waals surface area (Å²) in [5.74, 6) is 0.123. The number of rotatable bonds is 4. The number of fused-ring (bicyclic) bond motifs is 1. The summed E-state index contributed by atoms with van der Waals surface area (Å²) in [7, 11) is -0.940. The first kappa shape index (κ1) is 22.3. The Labute approximate surface area is 177 Å². The third-order valence-electron chi connectivity index (χ3n) is 4.51. The minimum atomic E-state index is -4.49. The highest BCUT2D eigenvalue weighted by Crippen LogP contribution is 2.40. The molecule has 1 aromatic heterocycles. The SMILES string of the molecule is CC1Cc2c(NS(=O)(=O)N(C)C)ccc(Cl)c2N=C1Nc1cc(C(F)(F)F)ccn1. The first-order valence-electron chi connectivity index (χ1n) is 8.79. The number of amidine groups is 1. The van der Waals surface area contributed by atoms with Gasteiger partial charge < -0.3 is 5.32 Å². The van der Waals surface area contributed by atoms with Crippen LogP contribution in [0.3, 0.4) is 0 Å². The first-order valence-corrected chi connectivity index (χ1v) is 10.6. The standard InChI is InChI=1S/C18H19ClF3N5O2S/c1-10-8-12-14(26-30(28,29)27(2)3)5-4-13(19)16(12)25-17(10)24-15-9-11(6-7-23-15)18(20,21)22/h4-7,9-10,26H,8H2,1-3H3,(H,23,24,25). The molecular formula is C18H19ClF3N5O2S. The van der Waals surface area contributed by atoms with Crippen LogP contribution in [0.2, 0.25) is 5.02 Å². The van der Waals surface area contributed by atoms with Crippen molar-refractivity contribution in [3.8, 4) is 0 Å². The molecule has 7 nitrogen and oxygen atoms in total. The molecule has 162 valence electrons. The van der Waals surface area contributed by atoms with E-state index in [9.17, 15) is 21.6 Å². The molecule has 30 heavy (non-hydrogen) atoms. The molecule has 0 aliphatic carbocycles. The lowest BCUT2D eigenvalue weighted by Gasteiger charge is -2.26. The molecule has 0 saturated carbocycles. The van der Waals surface area contributed by atoms with Crippen LogP contribution in [0.4, 0.5) is 30.4 Å². The van der Waals surface area contributed by atoms with E-state index >= 15 is 0 Å². The van der Waals surface area contributed by atoms with Gasteiger partial charge in [0.1, 0.15) is 11.7 Å². The summed E-state index contributed by atoms with van der Waals surface area (Å²) in [4.78, 5) is 8.38. The number of anilines is 2. The summed E-state index contributed by atoms with van der Waals surface area (Å²) >= 11 is 6.26. The average Bonchev–Trinajstić information content (AvgIpc) is 2.64. The van der Waals surface area contributed by atoms with E-state index in [1.165, 1.54) is 20.2 Å². The summed E-state index contributed by atoms with van der Waals surface area (Å²) in [6.45, 7) is 1.81. The van der Waals surface area contributed by atoms with Crippen LogP contribution in [-0.2, 0) is 22.8 Å². The number of hydrogen-bond donors (Lipinski definition) is 2. The molecule has 12 heteroatoms. The number of pyridine rings is 1. The quantitative estimate of drug-likeness (QED) is 0.710. The van der Waals surface area contributed by atoms with Gasteiger partial charge in [-0.1, -0.05) is 18.5 Å². The summed E-state index contributed by atoms with van der Waals surface area (Å²) in [6, 6.07) is 4.84. The molecule has 2 heterocycles. The van der Waals surface area contributed by atoms with Gasteiger partial charge in [-0.3, -0.25) is 4.72 Å². The van der Waals surface area contributed by atoms with E-state index in [0.717, 1.165) is 22.6 Å². The average molecular weight is 462 g/mol. The van der Waals surface area contributed by atoms with E-state index in [1.54, 1.807) is 6.07 Å². The van der Waals surface area contributed by atoms with Crippen LogP contribution >= 0.6 is 11.6 Å². The van der Waals surface area contributed by atoms with Crippen molar-refractivity contribution in [1.29, 1.82) is 0 Å². The van der Waals surface area contributed by atoms with Crippen molar-refractivity contribution in [2.45, 2.75) is 19.5 Å². The number of alkyl halides is 3. The van der Waals surface area contributed by atoms with E-state index in [4.69, 9.17) is 11.6 Å². The van der Waals surface area contributed by atoms with Crippen molar-refractivity contribution >= 4 is 44.8 Å². The van der Waals surface area contributed by atoms with Crippen LogP contribution < -0.4 is 10.0 Å². The van der Waals surface area contributed by atoms with Gasteiger partial charge in [0.25, 0.3) is 0 Å². The van der Waals surface area contributed by atoms with Gasteiger partial charge in [-0.25, -0.2) is 9.98 Å². The van der Waals surface area contributed by atoms with Gasteiger partial charge in [0.2, 0.25) is 0 Å². The summed E-state index contributed by atoms with van der Waals surface area (Å²) in [5, 5.41) is 3.12. The molecule has 2 N–H and O–H groups in total. The fourth-order valence-electron chi connectivity index (χ4n) is 2.85. The van der Waals surface area contributed by atoms with Crippen molar-refractivity contribution in [3.63, 3.8) is 0 Å². The molecule has 0 bridgehead atoms. The van der Waals surface area contributed by atoms with Gasteiger partial charge >= 0.3 is 16.4 Å². The lowest BCUT2D eigenvalue weighted by molar-refractivity contribution is -0.137. The smallest absolute Gasteiger partial charge is 0.328 e. The van der Waals surface area contributed by atoms with Crippen molar-refractivity contribution in [2.75, 3.05) is 24.1 Å². The second-order valence-electron chi connectivity index (χ2n) is 6.97. The number of hydrogen-bond acceptors (Lipinski definition) is 5. The Hall–Kier alpha value is -2.37. The molecule has 2 aromatic rings. The molecule has 0 saturated heterocycles. The Bertz CT molecular complexity index is 1100. The Morgan fingerprint density at radius 2 is 1.93 bits per heavy atom. The lowest BCUT2D eigenvalue weighted by atomic mass is 9.94. The van der Waals surface area contributed by atoms with E-state index < -0.39 is 21.9 Å². The maximum Gasteiger partial charge on any atom is 0.416 e. The Morgan fingerprint density at radius 1 is 1.23 bits per heavy atom. The van der Waals surface area contributed by atoms with Gasteiger partial charge in [0.05, 0.1) is 22.0 Å². The predicted octanol–water partition coefficient (Wildman–Crippen LogP) is 4.31. The molecule has 0 spiro atoms. The fraction of sp³-hybridized carbons (Fsp3) is 0.333. The highest BCUT2D eigenvalue weighted by atomic mass is 35.5. The van der Waals surface area contributed by atoms with Crippen LogP contribution in [0.25, 0.3) is 0 Å². The second kappa shape index (κ2) is 8.05. The number of benzene rings is 1. The Balaban J connectivity index is 1.97. The van der Waals surface area contributed by atoms with Crippen LogP contribution in [0, 0.1) is 5.92 Å². The van der Waals surface area contributed by atoms with Crippen LogP contribution in [0.1, 0.15) is 18.1 Å². The van der Waals surface area contributed by atoms with Crippen LogP contribution in [0.5, 0.6) is 0 Å². The van der Waals surface area contributed by atoms with E-state index in [2.05, 4.69) is 20.0 Å². The summed E-state index contributed by atoms with van der Waals surface area (Å²) in [6.07, 6.45) is -3.06. The van der Waals surface area contributed by atoms with Gasteiger partial charge in [0.15, 0.2) is 0 Å². The van der Waals surface area contributed by atoms with Crippen molar-refractivity contribution in [2.24, 2.45) is 10.9 Å². The van der Waals surface area contributed by atoms with Gasteiger partial charge in [-0.2, -0.15) is 25.9 Å². The largest absolute Gasteiger partial charge is 0.416 e. The topological polar surface area (TPSA) is 86.7 Å². The third kappa shape index (κ3) is 4.68. The van der Waals surface area contributed by atoms with Gasteiger partial charge in [-0.15, -0.1) is 0 Å². The number of aromatic nitrogens is 1. The zero-order chi connectivity index (χ0) is 22.3. The molecule has 1 aliphatic heterocycles. The van der Waals surface area contributed by atoms with Crippen LogP contribution in [0.15, 0.2) is 35.5 Å². The number of halogens is 4. The molecular weight excluding hydrogens is 443 g/mol. The molecule has 1 aliphatic rings. The summed E-state index contributed by atoms with van der Waals surface area (Å²) < 4.78 is 66.8. The molecule has 1 atom stereocenters. The van der Waals surface area contributed by atoms with E-state index in [-0.39, 0.29) is 11.7 Å². The minimum Gasteiger partial charge on any atom is -0.328 e. The highest BCUT2D eigenvalue weighted by Gasteiger charge is 2.31. The Morgan fingerprint density at radius 3 is 2.57 bits per heavy atom. The predicted molar refractivity (Wildman–Crippen MR) is 111 cm³/mol. The maximum absolute atomic E-state index is 12.9. The molecule has 0 amide bonds. The van der Waals surface area contributed by atoms with Crippen molar-refractivity contribution in [1.82, 2.24) is 9.29 Å². The fourth-order valence-corrected chi connectivity index (χ4v) is 3.72. The van der Waals surface area contributed by atoms with E-state index in [0.29, 0.717) is 34.2 Å². The zero-order valence-electron chi connectivity index (χ0n) is 16.2. The van der Waals surface area contributed by atoms with Gasteiger partial charge in [-0.05, 0) is 30.7 Å². The normalized spacial score (nSPS) is 16.8. The number of nitrogens with zero attached hydrogens (tertiary/aromatic N) is 3. The Kier molecular flexibility index (Phi) is 5.99. The number of nitrogens with one attached hydrogen (secondary N) is 2. The van der Waals surface area contributed by atoms with Gasteiger partial charge in [0, 0.05) is 31.8 Å². The molecule has 3 rings (SSSR count). The molecule has 0 radical (unpaired) electrons. The maximum atomic E-state index is 12.9. The minimum absolute atomic E-state index is 0.000498. The van der Waals surface area contributed by atoms with Crippen molar-refractivity contribution in [3.05, 3.63) is 46.6 Å². The zero-order valence-corrected chi connectivity index (χ0v) is 17.8. The first-order chi connectivity index (χ1) is 13.9. The van der Waals surface area contributed by atoms with Crippen LogP contribution in [-0.4, -0.2) is 37.6 Å². The highest BCUT2D eigenvalue weighted by molar-refractivity contribution is 7.90. The second-order valence-corrected chi connectivity index (χ2v) is 9.26.